The molecule has 0 radical (unpaired) electrons. The van der Waals surface area contributed by atoms with E-state index in [1.54, 1.807) is 24.5 Å². The first-order chi connectivity index (χ1) is 15.0. The van der Waals surface area contributed by atoms with Crippen molar-refractivity contribution in [1.29, 1.82) is 0 Å². The molecule has 0 N–H and O–H groups in total. The van der Waals surface area contributed by atoms with Crippen LogP contribution in [-0.4, -0.2) is 22.4 Å². The van der Waals surface area contributed by atoms with Gasteiger partial charge in [-0.25, -0.2) is 0 Å². The van der Waals surface area contributed by atoms with Gasteiger partial charge in [0.1, 0.15) is 18.2 Å². The number of pyridine rings is 1. The molecule has 31 heavy (non-hydrogen) atoms. The number of benzene rings is 2. The van der Waals surface area contributed by atoms with Gasteiger partial charge in [-0.15, -0.1) is 0 Å². The number of carbonyl (C=O) groups is 1. The molecule has 0 saturated heterocycles. The molecule has 0 aliphatic carbocycles. The minimum absolute atomic E-state index is 0.126. The summed E-state index contributed by atoms with van der Waals surface area (Å²) in [5, 5.41) is 1.06. The highest BCUT2D eigenvalue weighted by molar-refractivity contribution is 6.42. The monoisotopic (exact) mass is 452 g/mol. The zero-order chi connectivity index (χ0) is 21.5. The molecule has 0 fully saturated rings. The van der Waals surface area contributed by atoms with Crippen molar-refractivity contribution in [3.05, 3.63) is 92.4 Å². The lowest BCUT2D eigenvalue weighted by molar-refractivity contribution is 0.0876. The number of carbonyl (C=O) groups excluding carboxylic acids is 1. The van der Waals surface area contributed by atoms with Gasteiger partial charge in [-0.3, -0.25) is 14.7 Å². The van der Waals surface area contributed by atoms with Crippen molar-refractivity contribution in [2.75, 3.05) is 6.73 Å². The molecule has 2 aliphatic rings. The number of nitrogens with zero attached hydrogens (tertiary/aromatic N) is 2. The minimum Gasteiger partial charge on any atom is -0.477 e. The highest BCUT2D eigenvalue weighted by Crippen LogP contribution is 2.43. The molecule has 5 rings (SSSR count). The van der Waals surface area contributed by atoms with Crippen LogP contribution >= 0.6 is 23.2 Å². The molecule has 2 aromatic carbocycles. The van der Waals surface area contributed by atoms with Crippen LogP contribution in [0.2, 0.25) is 10.0 Å². The Bertz CT molecular complexity index is 1230. The highest BCUT2D eigenvalue weighted by Gasteiger charge is 2.33. The third-order valence-electron chi connectivity index (χ3n) is 5.40. The third-order valence-corrected chi connectivity index (χ3v) is 6.13. The van der Waals surface area contributed by atoms with Gasteiger partial charge in [-0.2, -0.15) is 0 Å². The third kappa shape index (κ3) is 3.81. The van der Waals surface area contributed by atoms with Crippen LogP contribution in [0.3, 0.4) is 0 Å². The normalized spacial score (nSPS) is 16.6. The first-order valence-corrected chi connectivity index (χ1v) is 10.5. The molecular weight excluding hydrogens is 435 g/mol. The van der Waals surface area contributed by atoms with E-state index < -0.39 is 0 Å². The number of hydrogen-bond donors (Lipinski definition) is 0. The van der Waals surface area contributed by atoms with Crippen LogP contribution in [0.15, 0.2) is 54.6 Å². The SMILES string of the molecule is Cc1c2c(cc3c1O/C(=C\c1ccncc1)C3=O)CN(Cc1ccc(Cl)c(Cl)c1)CO2. The van der Waals surface area contributed by atoms with E-state index >= 15 is 0 Å². The van der Waals surface area contributed by atoms with Crippen LogP contribution in [0.1, 0.15) is 32.6 Å². The lowest BCUT2D eigenvalue weighted by atomic mass is 10.00. The summed E-state index contributed by atoms with van der Waals surface area (Å²) in [4.78, 5) is 19.1. The summed E-state index contributed by atoms with van der Waals surface area (Å²) in [6, 6.07) is 11.1. The van der Waals surface area contributed by atoms with Crippen molar-refractivity contribution in [1.82, 2.24) is 9.88 Å². The second-order valence-corrected chi connectivity index (χ2v) is 8.41. The molecule has 0 bridgehead atoms. The number of ether oxygens (including phenoxy) is 2. The maximum atomic E-state index is 13.0. The number of ketones is 1. The predicted molar refractivity (Wildman–Crippen MR) is 120 cm³/mol. The molecule has 2 aliphatic heterocycles. The van der Waals surface area contributed by atoms with E-state index in [0.29, 0.717) is 46.9 Å². The molecule has 3 aromatic rings. The molecule has 0 amide bonds. The summed E-state index contributed by atoms with van der Waals surface area (Å²) in [5.41, 5.74) is 4.27. The summed E-state index contributed by atoms with van der Waals surface area (Å²) in [6.07, 6.45) is 5.10. The largest absolute Gasteiger partial charge is 0.477 e. The van der Waals surface area contributed by atoms with Gasteiger partial charge in [0.2, 0.25) is 5.78 Å². The summed E-state index contributed by atoms with van der Waals surface area (Å²) in [6.45, 7) is 3.67. The summed E-state index contributed by atoms with van der Waals surface area (Å²) in [7, 11) is 0. The molecule has 0 atom stereocenters. The summed E-state index contributed by atoms with van der Waals surface area (Å²) in [5.74, 6) is 1.53. The Hall–Kier alpha value is -2.86. The lowest BCUT2D eigenvalue weighted by Gasteiger charge is -2.30. The topological polar surface area (TPSA) is 51.7 Å². The number of allylic oxidation sites excluding steroid dienone is 1. The zero-order valence-electron chi connectivity index (χ0n) is 16.7. The standard InChI is InChI=1S/C24H18Cl2N2O3/c1-14-23-17(12-28(13-30-23)11-16-2-3-19(25)20(26)8-16)10-18-22(29)21(31-24(14)18)9-15-4-6-27-7-5-15/h2-10H,11-13H2,1H3/b21-9-. The fourth-order valence-corrected chi connectivity index (χ4v) is 4.23. The Labute approximate surface area is 189 Å². The summed E-state index contributed by atoms with van der Waals surface area (Å²) >= 11 is 12.2. The summed E-state index contributed by atoms with van der Waals surface area (Å²) < 4.78 is 12.0. The molecule has 3 heterocycles. The van der Waals surface area contributed by atoms with E-state index in [1.807, 2.05) is 37.3 Å². The van der Waals surface area contributed by atoms with E-state index in [4.69, 9.17) is 32.7 Å². The average molecular weight is 453 g/mol. The lowest BCUT2D eigenvalue weighted by Crippen LogP contribution is -2.32. The quantitative estimate of drug-likeness (QED) is 0.479. The van der Waals surface area contributed by atoms with Crippen molar-refractivity contribution >= 4 is 35.1 Å². The van der Waals surface area contributed by atoms with Crippen LogP contribution in [0.4, 0.5) is 0 Å². The number of Topliss-reactive ketones (excluding diaryl/α,β-unsaturated/α-hetero) is 1. The molecule has 0 saturated carbocycles. The van der Waals surface area contributed by atoms with Crippen LogP contribution in [0, 0.1) is 6.92 Å². The van der Waals surface area contributed by atoms with Gasteiger partial charge < -0.3 is 9.47 Å². The van der Waals surface area contributed by atoms with Crippen molar-refractivity contribution in [3.63, 3.8) is 0 Å². The van der Waals surface area contributed by atoms with Crippen molar-refractivity contribution in [2.24, 2.45) is 0 Å². The first kappa shape index (κ1) is 20.1. The van der Waals surface area contributed by atoms with E-state index in [9.17, 15) is 4.79 Å². The second-order valence-electron chi connectivity index (χ2n) is 7.60. The number of hydrogen-bond acceptors (Lipinski definition) is 5. The van der Waals surface area contributed by atoms with Gasteiger partial charge >= 0.3 is 0 Å². The number of fused-ring (bicyclic) bond motifs is 2. The fourth-order valence-electron chi connectivity index (χ4n) is 3.91. The van der Waals surface area contributed by atoms with E-state index in [1.165, 1.54) is 0 Å². The molecular formula is C24H18Cl2N2O3. The van der Waals surface area contributed by atoms with E-state index in [0.717, 1.165) is 28.0 Å². The van der Waals surface area contributed by atoms with Crippen LogP contribution in [0.25, 0.3) is 6.08 Å². The van der Waals surface area contributed by atoms with Crippen LogP contribution in [0.5, 0.6) is 11.5 Å². The van der Waals surface area contributed by atoms with E-state index in [-0.39, 0.29) is 5.78 Å². The van der Waals surface area contributed by atoms with Crippen molar-refractivity contribution in [2.45, 2.75) is 20.0 Å². The maximum absolute atomic E-state index is 13.0. The zero-order valence-corrected chi connectivity index (χ0v) is 18.2. The number of halogens is 2. The Morgan fingerprint density at radius 2 is 1.90 bits per heavy atom. The Kier molecular flexibility index (Phi) is 5.18. The average Bonchev–Trinajstić information content (AvgIpc) is 3.07. The highest BCUT2D eigenvalue weighted by atomic mass is 35.5. The van der Waals surface area contributed by atoms with Gasteiger partial charge in [-0.05, 0) is 54.5 Å². The number of rotatable bonds is 3. The first-order valence-electron chi connectivity index (χ1n) is 9.79. The minimum atomic E-state index is -0.126. The number of aromatic nitrogens is 1. The molecule has 156 valence electrons. The second kappa shape index (κ2) is 8.00. The molecule has 0 unspecified atom stereocenters. The van der Waals surface area contributed by atoms with Crippen molar-refractivity contribution < 1.29 is 14.3 Å². The smallest absolute Gasteiger partial charge is 0.231 e. The van der Waals surface area contributed by atoms with Crippen LogP contribution in [-0.2, 0) is 13.1 Å². The van der Waals surface area contributed by atoms with Gasteiger partial charge in [-0.1, -0.05) is 29.3 Å². The van der Waals surface area contributed by atoms with Crippen molar-refractivity contribution in [3.8, 4) is 11.5 Å². The molecule has 0 spiro atoms. The molecule has 7 heteroatoms. The predicted octanol–water partition coefficient (Wildman–Crippen LogP) is 5.67. The van der Waals surface area contributed by atoms with Crippen LogP contribution < -0.4 is 9.47 Å². The Morgan fingerprint density at radius 1 is 1.10 bits per heavy atom. The molecule has 5 nitrogen and oxygen atoms in total. The Morgan fingerprint density at radius 3 is 2.68 bits per heavy atom. The van der Waals surface area contributed by atoms with Gasteiger partial charge in [0, 0.05) is 36.6 Å². The Balaban J connectivity index is 1.41. The fraction of sp³-hybridized carbons (Fsp3) is 0.167. The van der Waals surface area contributed by atoms with E-state index in [2.05, 4.69) is 9.88 Å². The maximum Gasteiger partial charge on any atom is 0.231 e. The molecule has 1 aromatic heterocycles. The van der Waals surface area contributed by atoms with Gasteiger partial charge in [0.15, 0.2) is 5.76 Å². The van der Waals surface area contributed by atoms with Gasteiger partial charge in [0.25, 0.3) is 0 Å². The van der Waals surface area contributed by atoms with Gasteiger partial charge in [0.05, 0.1) is 15.6 Å².